The molecule has 0 fully saturated rings. The average molecular weight is 365 g/mol. The Morgan fingerprint density at radius 1 is 1.33 bits per heavy atom. The largest absolute Gasteiger partial charge is 0.489 e. The van der Waals surface area contributed by atoms with Crippen molar-refractivity contribution in [3.05, 3.63) is 58.1 Å². The van der Waals surface area contributed by atoms with Gasteiger partial charge in [-0.25, -0.2) is 4.79 Å². The quantitative estimate of drug-likeness (QED) is 0.824. The Hall–Kier alpha value is -1.46. The Balaban J connectivity index is 1.69. The number of aromatic carboxylic acids is 1. The normalized spacial score (nSPS) is 16.3. The molecule has 1 N–H and O–H groups in total. The average Bonchev–Trinajstić information content (AvgIpc) is 2.87. The van der Waals surface area contributed by atoms with Crippen molar-refractivity contribution in [3.8, 4) is 5.75 Å². The second-order valence-electron chi connectivity index (χ2n) is 4.81. The van der Waals surface area contributed by atoms with Crippen molar-refractivity contribution >= 4 is 33.7 Å². The lowest BCUT2D eigenvalue weighted by atomic mass is 10.1. The van der Waals surface area contributed by atoms with Crippen molar-refractivity contribution < 1.29 is 14.6 Å². The van der Waals surface area contributed by atoms with E-state index in [4.69, 9.17) is 4.74 Å². The number of thioether (sulfide) groups is 1. The number of rotatable bonds is 4. The van der Waals surface area contributed by atoms with Gasteiger partial charge in [-0.1, -0.05) is 34.1 Å². The zero-order valence-corrected chi connectivity index (χ0v) is 13.5. The van der Waals surface area contributed by atoms with E-state index in [1.807, 2.05) is 24.3 Å². The second-order valence-corrected chi connectivity index (χ2v) is 6.79. The van der Waals surface area contributed by atoms with Crippen LogP contribution in [0.3, 0.4) is 0 Å². The molecule has 2 aromatic carbocycles. The van der Waals surface area contributed by atoms with E-state index in [1.54, 1.807) is 12.1 Å². The molecule has 0 aromatic heterocycles. The molecule has 0 saturated heterocycles. The van der Waals surface area contributed by atoms with Crippen molar-refractivity contribution in [2.24, 2.45) is 0 Å². The van der Waals surface area contributed by atoms with Gasteiger partial charge in [0, 0.05) is 21.5 Å². The van der Waals surface area contributed by atoms with Gasteiger partial charge in [0.25, 0.3) is 0 Å². The molecule has 1 heterocycles. The lowest BCUT2D eigenvalue weighted by molar-refractivity contribution is 0.0693. The van der Waals surface area contributed by atoms with Gasteiger partial charge in [0.2, 0.25) is 0 Å². The van der Waals surface area contributed by atoms with E-state index in [-0.39, 0.29) is 6.10 Å². The molecule has 3 nitrogen and oxygen atoms in total. The first-order valence-electron chi connectivity index (χ1n) is 6.53. The molecule has 0 amide bonds. The minimum absolute atomic E-state index is 0.0908. The molecule has 0 aliphatic carbocycles. The smallest absolute Gasteiger partial charge is 0.336 e. The molecule has 1 aliphatic heterocycles. The minimum Gasteiger partial charge on any atom is -0.489 e. The molecule has 1 atom stereocenters. The lowest BCUT2D eigenvalue weighted by Gasteiger charge is -2.12. The van der Waals surface area contributed by atoms with Crippen LogP contribution in [0.1, 0.15) is 15.9 Å². The SMILES string of the molecule is O=C(O)c1ccc(Br)cc1SCC1Cc2ccccc2O1. The van der Waals surface area contributed by atoms with E-state index in [0.29, 0.717) is 5.56 Å². The van der Waals surface area contributed by atoms with Crippen molar-refractivity contribution in [1.29, 1.82) is 0 Å². The molecule has 21 heavy (non-hydrogen) atoms. The zero-order valence-electron chi connectivity index (χ0n) is 11.1. The summed E-state index contributed by atoms with van der Waals surface area (Å²) in [6.07, 6.45) is 0.965. The highest BCUT2D eigenvalue weighted by Gasteiger charge is 2.23. The molecule has 0 radical (unpaired) electrons. The fourth-order valence-corrected chi connectivity index (χ4v) is 3.91. The Morgan fingerprint density at radius 3 is 2.90 bits per heavy atom. The summed E-state index contributed by atoms with van der Waals surface area (Å²) in [6, 6.07) is 13.2. The van der Waals surface area contributed by atoms with Crippen molar-refractivity contribution in [2.45, 2.75) is 17.4 Å². The highest BCUT2D eigenvalue weighted by atomic mass is 79.9. The van der Waals surface area contributed by atoms with E-state index in [0.717, 1.165) is 27.3 Å². The van der Waals surface area contributed by atoms with E-state index in [2.05, 4.69) is 22.0 Å². The van der Waals surface area contributed by atoms with Crippen LogP contribution in [0, 0.1) is 0 Å². The number of carbonyl (C=O) groups is 1. The zero-order chi connectivity index (χ0) is 14.8. The molecule has 1 unspecified atom stereocenters. The highest BCUT2D eigenvalue weighted by Crippen LogP contribution is 2.33. The van der Waals surface area contributed by atoms with Gasteiger partial charge in [-0.15, -0.1) is 11.8 Å². The summed E-state index contributed by atoms with van der Waals surface area (Å²) in [4.78, 5) is 12.0. The third-order valence-electron chi connectivity index (χ3n) is 3.31. The standard InChI is InChI=1S/C16H13BrO3S/c17-11-5-6-13(16(18)19)15(8-11)21-9-12-7-10-3-1-2-4-14(10)20-12/h1-6,8,12H,7,9H2,(H,18,19). The number of carboxylic acids is 1. The van der Waals surface area contributed by atoms with Crippen molar-refractivity contribution in [2.75, 3.05) is 5.75 Å². The summed E-state index contributed by atoms with van der Waals surface area (Å²) in [5.41, 5.74) is 1.55. The summed E-state index contributed by atoms with van der Waals surface area (Å²) < 4.78 is 6.76. The number of benzene rings is 2. The third-order valence-corrected chi connectivity index (χ3v) is 4.99. The van der Waals surface area contributed by atoms with Gasteiger partial charge in [0.05, 0.1) is 5.56 Å². The van der Waals surface area contributed by atoms with E-state index in [1.165, 1.54) is 17.3 Å². The number of hydrogen-bond donors (Lipinski definition) is 1. The maximum atomic E-state index is 11.2. The van der Waals surface area contributed by atoms with Crippen LogP contribution in [0.4, 0.5) is 0 Å². The van der Waals surface area contributed by atoms with Gasteiger partial charge in [-0.2, -0.15) is 0 Å². The van der Waals surface area contributed by atoms with Gasteiger partial charge in [-0.05, 0) is 29.8 Å². The Kier molecular flexibility index (Phi) is 4.22. The second kappa shape index (κ2) is 6.12. The lowest BCUT2D eigenvalue weighted by Crippen LogP contribution is -2.16. The first kappa shape index (κ1) is 14.5. The van der Waals surface area contributed by atoms with Crippen LogP contribution < -0.4 is 4.74 Å². The van der Waals surface area contributed by atoms with Crippen LogP contribution in [-0.4, -0.2) is 22.9 Å². The van der Waals surface area contributed by atoms with Crippen LogP contribution in [0.2, 0.25) is 0 Å². The van der Waals surface area contributed by atoms with Gasteiger partial charge >= 0.3 is 5.97 Å². The molecular weight excluding hydrogens is 352 g/mol. The topological polar surface area (TPSA) is 46.5 Å². The number of carboxylic acid groups (broad SMARTS) is 1. The predicted octanol–water partition coefficient (Wildman–Crippen LogP) is 4.24. The van der Waals surface area contributed by atoms with Crippen LogP contribution in [0.25, 0.3) is 0 Å². The molecular formula is C16H13BrO3S. The number of fused-ring (bicyclic) bond motifs is 1. The molecule has 0 spiro atoms. The fraction of sp³-hybridized carbons (Fsp3) is 0.188. The summed E-state index contributed by atoms with van der Waals surface area (Å²) in [5.74, 6) is 0.766. The number of hydrogen-bond acceptors (Lipinski definition) is 3. The highest BCUT2D eigenvalue weighted by molar-refractivity contribution is 9.10. The van der Waals surface area contributed by atoms with Crippen LogP contribution >= 0.6 is 27.7 Å². The molecule has 3 rings (SSSR count). The monoisotopic (exact) mass is 364 g/mol. The number of para-hydroxylation sites is 1. The molecule has 1 aliphatic rings. The van der Waals surface area contributed by atoms with E-state index >= 15 is 0 Å². The fourth-order valence-electron chi connectivity index (χ4n) is 2.32. The summed E-state index contributed by atoms with van der Waals surface area (Å²) in [5, 5.41) is 9.23. The molecule has 2 aromatic rings. The van der Waals surface area contributed by atoms with Gasteiger partial charge in [0.15, 0.2) is 0 Å². The van der Waals surface area contributed by atoms with Gasteiger partial charge in [-0.3, -0.25) is 0 Å². The first-order valence-corrected chi connectivity index (χ1v) is 8.31. The van der Waals surface area contributed by atoms with Crippen LogP contribution in [0.15, 0.2) is 51.8 Å². The Bertz CT molecular complexity index is 662. The molecule has 5 heteroatoms. The van der Waals surface area contributed by atoms with Gasteiger partial charge < -0.3 is 9.84 Å². The molecule has 0 bridgehead atoms. The van der Waals surface area contributed by atoms with Crippen LogP contribution in [0.5, 0.6) is 5.75 Å². The maximum absolute atomic E-state index is 11.2. The maximum Gasteiger partial charge on any atom is 0.336 e. The van der Waals surface area contributed by atoms with E-state index < -0.39 is 5.97 Å². The summed E-state index contributed by atoms with van der Waals surface area (Å²) in [6.45, 7) is 0. The third kappa shape index (κ3) is 3.24. The molecule has 108 valence electrons. The van der Waals surface area contributed by atoms with E-state index in [9.17, 15) is 9.90 Å². The minimum atomic E-state index is -0.902. The van der Waals surface area contributed by atoms with Crippen molar-refractivity contribution in [1.82, 2.24) is 0 Å². The first-order chi connectivity index (χ1) is 10.1. The Morgan fingerprint density at radius 2 is 2.14 bits per heavy atom. The number of halogens is 1. The van der Waals surface area contributed by atoms with Crippen LogP contribution in [-0.2, 0) is 6.42 Å². The Labute approximate surface area is 135 Å². The predicted molar refractivity (Wildman–Crippen MR) is 86.4 cm³/mol. The summed E-state index contributed by atoms with van der Waals surface area (Å²) in [7, 11) is 0. The number of ether oxygens (including phenoxy) is 1. The summed E-state index contributed by atoms with van der Waals surface area (Å²) >= 11 is 4.91. The molecule has 0 saturated carbocycles. The van der Waals surface area contributed by atoms with Crippen molar-refractivity contribution in [3.63, 3.8) is 0 Å². The van der Waals surface area contributed by atoms with Gasteiger partial charge in [0.1, 0.15) is 11.9 Å².